The third kappa shape index (κ3) is 3.56. The van der Waals surface area contributed by atoms with E-state index >= 15 is 0 Å². The van der Waals surface area contributed by atoms with Gasteiger partial charge in [0, 0.05) is 36.1 Å². The number of nitrogens with zero attached hydrogens (tertiary/aromatic N) is 3. The van der Waals surface area contributed by atoms with E-state index in [4.69, 9.17) is 4.74 Å². The molecular weight excluding hydrogens is 364 g/mol. The third-order valence-corrected chi connectivity index (χ3v) is 4.61. The second-order valence-corrected chi connectivity index (χ2v) is 6.47. The fourth-order valence-corrected chi connectivity index (χ4v) is 3.18. The monoisotopic (exact) mass is 378 g/mol. The zero-order valence-corrected chi connectivity index (χ0v) is 14.8. The van der Waals surface area contributed by atoms with E-state index < -0.39 is 11.5 Å². The van der Waals surface area contributed by atoms with Crippen LogP contribution < -0.4 is 15.6 Å². The predicted molar refractivity (Wildman–Crippen MR) is 101 cm³/mol. The number of para-hydroxylation sites is 1. The zero-order valence-electron chi connectivity index (χ0n) is 14.0. The molecule has 0 bridgehead atoms. The van der Waals surface area contributed by atoms with Crippen LogP contribution in [0.5, 0.6) is 11.6 Å². The molecule has 1 N–H and O–H groups in total. The van der Waals surface area contributed by atoms with Crippen LogP contribution in [0.15, 0.2) is 71.2 Å². The summed E-state index contributed by atoms with van der Waals surface area (Å²) in [6.45, 7) is 0.167. The summed E-state index contributed by atoms with van der Waals surface area (Å²) in [4.78, 5) is 33.7. The van der Waals surface area contributed by atoms with E-state index in [1.165, 1.54) is 21.9 Å². The molecule has 1 amide bonds. The van der Waals surface area contributed by atoms with E-state index in [0.29, 0.717) is 22.2 Å². The number of nitrogens with one attached hydrogen (secondary N) is 1. The van der Waals surface area contributed by atoms with Crippen LogP contribution in [0, 0.1) is 0 Å². The molecule has 0 unspecified atom stereocenters. The number of aromatic nitrogens is 3. The molecule has 1 aromatic carbocycles. The van der Waals surface area contributed by atoms with E-state index in [2.05, 4.69) is 15.3 Å². The van der Waals surface area contributed by atoms with E-state index in [0.717, 1.165) is 0 Å². The molecule has 0 aliphatic heterocycles. The van der Waals surface area contributed by atoms with Gasteiger partial charge in [0.05, 0.1) is 0 Å². The van der Waals surface area contributed by atoms with Gasteiger partial charge in [-0.05, 0) is 18.2 Å². The van der Waals surface area contributed by atoms with Crippen molar-refractivity contribution >= 4 is 22.2 Å². The number of carbonyl (C=O) groups excluding carboxylic acids is 1. The van der Waals surface area contributed by atoms with Gasteiger partial charge in [0.25, 0.3) is 11.5 Å². The lowest BCUT2D eigenvalue weighted by atomic mass is 10.2. The fourth-order valence-electron chi connectivity index (χ4n) is 2.50. The second kappa shape index (κ2) is 7.38. The van der Waals surface area contributed by atoms with Crippen molar-refractivity contribution in [3.8, 4) is 11.6 Å². The number of thiazole rings is 1. The second-order valence-electron chi connectivity index (χ2n) is 5.60. The summed E-state index contributed by atoms with van der Waals surface area (Å²) in [5.41, 5.74) is 0.283. The average Bonchev–Trinajstić information content (AvgIpc) is 3.18. The SMILES string of the molecule is O=C(NCc1cccnc1Oc1ccccc1)c1cnc2sccn2c1=O. The topological polar surface area (TPSA) is 85.6 Å². The van der Waals surface area contributed by atoms with Crippen LogP contribution in [0.4, 0.5) is 0 Å². The first-order chi connectivity index (χ1) is 13.2. The molecule has 3 heterocycles. The molecule has 27 heavy (non-hydrogen) atoms. The minimum absolute atomic E-state index is 0.0136. The summed E-state index contributed by atoms with van der Waals surface area (Å²) in [6, 6.07) is 12.8. The Labute approximate surface area is 157 Å². The molecule has 0 aliphatic carbocycles. The molecule has 0 aliphatic rings. The first-order valence-corrected chi connectivity index (χ1v) is 9.00. The molecule has 0 saturated heterocycles. The Hall–Kier alpha value is -3.52. The average molecular weight is 378 g/mol. The highest BCUT2D eigenvalue weighted by Gasteiger charge is 2.15. The van der Waals surface area contributed by atoms with Crippen LogP contribution >= 0.6 is 11.3 Å². The van der Waals surface area contributed by atoms with Crippen molar-refractivity contribution in [2.75, 3.05) is 0 Å². The standard InChI is InChI=1S/C19H14N4O3S/c24-16(15-12-22-19-23(18(15)25)9-10-27-19)21-11-13-5-4-8-20-17(13)26-14-6-2-1-3-7-14/h1-10,12H,11H2,(H,21,24). The van der Waals surface area contributed by atoms with Gasteiger partial charge in [-0.15, -0.1) is 11.3 Å². The largest absolute Gasteiger partial charge is 0.439 e. The molecule has 0 fully saturated rings. The number of rotatable bonds is 5. The van der Waals surface area contributed by atoms with Crippen LogP contribution in [0.25, 0.3) is 4.96 Å². The maximum Gasteiger partial charge on any atom is 0.271 e. The summed E-state index contributed by atoms with van der Waals surface area (Å²) < 4.78 is 7.13. The maximum absolute atomic E-state index is 12.5. The van der Waals surface area contributed by atoms with Crippen molar-refractivity contribution in [3.63, 3.8) is 0 Å². The molecule has 0 atom stereocenters. The predicted octanol–water partition coefficient (Wildman–Crippen LogP) is 2.87. The summed E-state index contributed by atoms with van der Waals surface area (Å²) >= 11 is 1.33. The Morgan fingerprint density at radius 3 is 2.85 bits per heavy atom. The summed E-state index contributed by atoms with van der Waals surface area (Å²) in [5.74, 6) is 0.545. The molecule has 4 aromatic rings. The van der Waals surface area contributed by atoms with Crippen molar-refractivity contribution in [1.82, 2.24) is 19.7 Å². The van der Waals surface area contributed by atoms with Gasteiger partial charge in [0.1, 0.15) is 11.3 Å². The van der Waals surface area contributed by atoms with Crippen LogP contribution in [-0.4, -0.2) is 20.3 Å². The number of pyridine rings is 1. The Bertz CT molecular complexity index is 1150. The van der Waals surface area contributed by atoms with Gasteiger partial charge in [-0.2, -0.15) is 0 Å². The van der Waals surface area contributed by atoms with E-state index in [1.54, 1.807) is 29.9 Å². The Balaban J connectivity index is 1.52. The molecule has 0 saturated carbocycles. The first-order valence-electron chi connectivity index (χ1n) is 8.12. The first kappa shape index (κ1) is 16.9. The molecule has 8 heteroatoms. The number of hydrogen-bond donors (Lipinski definition) is 1. The van der Waals surface area contributed by atoms with Crippen LogP contribution in [0.3, 0.4) is 0 Å². The lowest BCUT2D eigenvalue weighted by Gasteiger charge is -2.10. The minimum Gasteiger partial charge on any atom is -0.439 e. The molecular formula is C19H14N4O3S. The van der Waals surface area contributed by atoms with Crippen molar-refractivity contribution in [3.05, 3.63) is 87.9 Å². The van der Waals surface area contributed by atoms with Crippen LogP contribution in [0.1, 0.15) is 15.9 Å². The van der Waals surface area contributed by atoms with Gasteiger partial charge < -0.3 is 10.1 Å². The lowest BCUT2D eigenvalue weighted by molar-refractivity contribution is 0.0948. The highest BCUT2D eigenvalue weighted by atomic mass is 32.1. The summed E-state index contributed by atoms with van der Waals surface area (Å²) in [7, 11) is 0. The van der Waals surface area contributed by atoms with E-state index in [1.807, 2.05) is 30.3 Å². The van der Waals surface area contributed by atoms with Gasteiger partial charge in [-0.25, -0.2) is 9.97 Å². The maximum atomic E-state index is 12.5. The highest BCUT2D eigenvalue weighted by Crippen LogP contribution is 2.22. The van der Waals surface area contributed by atoms with Gasteiger partial charge >= 0.3 is 0 Å². The summed E-state index contributed by atoms with van der Waals surface area (Å²) in [6.07, 6.45) is 4.51. The Kier molecular flexibility index (Phi) is 4.63. The lowest BCUT2D eigenvalue weighted by Crippen LogP contribution is -2.31. The molecule has 3 aromatic heterocycles. The number of carbonyl (C=O) groups is 1. The Morgan fingerprint density at radius 1 is 1.15 bits per heavy atom. The number of fused-ring (bicyclic) bond motifs is 1. The number of amides is 1. The number of ether oxygens (including phenoxy) is 1. The van der Waals surface area contributed by atoms with E-state index in [9.17, 15) is 9.59 Å². The highest BCUT2D eigenvalue weighted by molar-refractivity contribution is 7.15. The van der Waals surface area contributed by atoms with Gasteiger partial charge in [0.2, 0.25) is 5.88 Å². The van der Waals surface area contributed by atoms with Crippen LogP contribution in [0.2, 0.25) is 0 Å². The van der Waals surface area contributed by atoms with Crippen molar-refractivity contribution in [1.29, 1.82) is 0 Å². The quantitative estimate of drug-likeness (QED) is 0.577. The molecule has 134 valence electrons. The van der Waals surface area contributed by atoms with Crippen LogP contribution in [-0.2, 0) is 6.54 Å². The summed E-state index contributed by atoms with van der Waals surface area (Å²) in [5, 5.41) is 4.47. The van der Waals surface area contributed by atoms with Gasteiger partial charge in [0.15, 0.2) is 4.96 Å². The Morgan fingerprint density at radius 2 is 2.00 bits per heavy atom. The van der Waals surface area contributed by atoms with Gasteiger partial charge in [-0.1, -0.05) is 24.3 Å². The number of hydrogen-bond acceptors (Lipinski definition) is 6. The van der Waals surface area contributed by atoms with Crippen molar-refractivity contribution < 1.29 is 9.53 Å². The minimum atomic E-state index is -0.498. The molecule has 4 rings (SSSR count). The molecule has 0 spiro atoms. The normalized spacial score (nSPS) is 10.7. The van der Waals surface area contributed by atoms with Crippen molar-refractivity contribution in [2.45, 2.75) is 6.54 Å². The van der Waals surface area contributed by atoms with Crippen molar-refractivity contribution in [2.24, 2.45) is 0 Å². The third-order valence-electron chi connectivity index (χ3n) is 3.83. The fraction of sp³-hybridized carbons (Fsp3) is 0.0526. The zero-order chi connectivity index (χ0) is 18.6. The molecule has 0 radical (unpaired) electrons. The van der Waals surface area contributed by atoms with E-state index in [-0.39, 0.29) is 12.1 Å². The molecule has 7 nitrogen and oxygen atoms in total. The van der Waals surface area contributed by atoms with Gasteiger partial charge in [-0.3, -0.25) is 14.0 Å². The number of benzene rings is 1. The smallest absolute Gasteiger partial charge is 0.271 e.